The number of rotatable bonds is 18. The van der Waals surface area contributed by atoms with Crippen molar-refractivity contribution in [3.8, 4) is 0 Å². The van der Waals surface area contributed by atoms with Gasteiger partial charge < -0.3 is 20.7 Å². The van der Waals surface area contributed by atoms with Crippen LogP contribution in [-0.4, -0.2) is 35.6 Å². The Morgan fingerprint density at radius 2 is 1.37 bits per heavy atom. The van der Waals surface area contributed by atoms with Gasteiger partial charge in [-0.3, -0.25) is 4.79 Å². The molecule has 1 aromatic heterocycles. The Balaban J connectivity index is 1.52. The summed E-state index contributed by atoms with van der Waals surface area (Å²) in [7, 11) is 0. The van der Waals surface area contributed by atoms with Gasteiger partial charge in [-0.15, -0.1) is 11.3 Å². The SMILES string of the molecule is CCCCCCCCCCCCCCCCCCNC(=O)c1c(N)sc2c1CCN(C(=O)OC(C)(C)C)C2. The van der Waals surface area contributed by atoms with Crippen molar-refractivity contribution in [3.63, 3.8) is 0 Å². The average molecular weight is 550 g/mol. The first-order valence-electron chi connectivity index (χ1n) is 15.4. The molecule has 218 valence electrons. The van der Waals surface area contributed by atoms with Gasteiger partial charge in [0.2, 0.25) is 0 Å². The van der Waals surface area contributed by atoms with Crippen LogP contribution in [0.3, 0.4) is 0 Å². The highest BCUT2D eigenvalue weighted by atomic mass is 32.1. The van der Waals surface area contributed by atoms with Crippen LogP contribution >= 0.6 is 11.3 Å². The van der Waals surface area contributed by atoms with Gasteiger partial charge in [-0.1, -0.05) is 103 Å². The predicted octanol–water partition coefficient (Wildman–Crippen LogP) is 8.61. The molecule has 2 heterocycles. The van der Waals surface area contributed by atoms with Crippen LogP contribution in [0, 0.1) is 0 Å². The maximum atomic E-state index is 12.9. The number of nitrogen functional groups attached to an aromatic ring is 1. The van der Waals surface area contributed by atoms with Gasteiger partial charge in [0.15, 0.2) is 0 Å². The molecule has 2 amide bonds. The largest absolute Gasteiger partial charge is 0.444 e. The molecule has 0 saturated heterocycles. The maximum absolute atomic E-state index is 12.9. The minimum absolute atomic E-state index is 0.0772. The van der Waals surface area contributed by atoms with Crippen molar-refractivity contribution in [2.24, 2.45) is 0 Å². The molecular weight excluding hydrogens is 494 g/mol. The van der Waals surface area contributed by atoms with Crippen LogP contribution < -0.4 is 11.1 Å². The van der Waals surface area contributed by atoms with Crippen molar-refractivity contribution < 1.29 is 14.3 Å². The van der Waals surface area contributed by atoms with Gasteiger partial charge in [0.1, 0.15) is 5.60 Å². The highest BCUT2D eigenvalue weighted by Crippen LogP contribution is 2.35. The molecule has 7 heteroatoms. The van der Waals surface area contributed by atoms with Gasteiger partial charge in [0.05, 0.1) is 17.1 Å². The lowest BCUT2D eigenvalue weighted by Crippen LogP contribution is -2.39. The number of amides is 2. The Labute approximate surface area is 236 Å². The summed E-state index contributed by atoms with van der Waals surface area (Å²) in [5.74, 6) is -0.0772. The maximum Gasteiger partial charge on any atom is 0.410 e. The van der Waals surface area contributed by atoms with Crippen molar-refractivity contribution >= 4 is 28.3 Å². The van der Waals surface area contributed by atoms with E-state index >= 15 is 0 Å². The summed E-state index contributed by atoms with van der Waals surface area (Å²) >= 11 is 1.42. The third kappa shape index (κ3) is 12.4. The van der Waals surface area contributed by atoms with E-state index in [-0.39, 0.29) is 12.0 Å². The number of nitrogens with two attached hydrogens (primary N) is 1. The highest BCUT2D eigenvalue weighted by Gasteiger charge is 2.30. The van der Waals surface area contributed by atoms with Crippen LogP contribution in [0.25, 0.3) is 0 Å². The van der Waals surface area contributed by atoms with Crippen LogP contribution in [-0.2, 0) is 17.7 Å². The van der Waals surface area contributed by atoms with Crippen LogP contribution in [0.5, 0.6) is 0 Å². The van der Waals surface area contributed by atoms with Crippen LogP contribution in [0.2, 0.25) is 0 Å². The summed E-state index contributed by atoms with van der Waals surface area (Å²) in [5, 5.41) is 3.62. The number of hydrogen-bond acceptors (Lipinski definition) is 5. The van der Waals surface area contributed by atoms with E-state index in [2.05, 4.69) is 12.2 Å². The van der Waals surface area contributed by atoms with Crippen molar-refractivity contribution in [2.75, 3.05) is 18.8 Å². The van der Waals surface area contributed by atoms with E-state index in [0.717, 1.165) is 23.3 Å². The molecule has 2 rings (SSSR count). The molecule has 0 atom stereocenters. The van der Waals surface area contributed by atoms with E-state index in [4.69, 9.17) is 10.5 Å². The Hall–Kier alpha value is -1.76. The monoisotopic (exact) mass is 549 g/mol. The van der Waals surface area contributed by atoms with Crippen LogP contribution in [0.15, 0.2) is 0 Å². The Kier molecular flexibility index (Phi) is 15.2. The van der Waals surface area contributed by atoms with Gasteiger partial charge in [0, 0.05) is 18.0 Å². The number of nitrogens with one attached hydrogen (secondary N) is 1. The number of carbonyl (C=O) groups excluding carboxylic acids is 2. The second-order valence-corrected chi connectivity index (χ2v) is 13.1. The molecule has 1 aliphatic rings. The normalized spacial score (nSPS) is 13.4. The number of nitrogens with zero attached hydrogens (tertiary/aromatic N) is 1. The molecule has 1 aliphatic heterocycles. The summed E-state index contributed by atoms with van der Waals surface area (Å²) in [6.07, 6.45) is 21.8. The van der Waals surface area contributed by atoms with Gasteiger partial charge in [-0.2, -0.15) is 0 Å². The number of unbranched alkanes of at least 4 members (excludes halogenated alkanes) is 15. The van der Waals surface area contributed by atoms with Crippen LogP contribution in [0.4, 0.5) is 9.80 Å². The summed E-state index contributed by atoms with van der Waals surface area (Å²) in [6.45, 7) is 9.55. The van der Waals surface area contributed by atoms with Crippen molar-refractivity contribution in [3.05, 3.63) is 16.0 Å². The van der Waals surface area contributed by atoms with E-state index in [1.54, 1.807) is 4.90 Å². The first kappa shape index (κ1) is 32.5. The number of thiophene rings is 1. The average Bonchev–Trinajstić information content (AvgIpc) is 3.19. The lowest BCUT2D eigenvalue weighted by atomic mass is 10.0. The fourth-order valence-corrected chi connectivity index (χ4v) is 6.25. The van der Waals surface area contributed by atoms with Crippen molar-refractivity contribution in [1.82, 2.24) is 10.2 Å². The number of anilines is 1. The zero-order valence-electron chi connectivity index (χ0n) is 24.8. The predicted molar refractivity (Wildman–Crippen MR) is 161 cm³/mol. The van der Waals surface area contributed by atoms with E-state index in [0.29, 0.717) is 36.6 Å². The molecule has 38 heavy (non-hydrogen) atoms. The van der Waals surface area contributed by atoms with Crippen molar-refractivity contribution in [2.45, 2.75) is 149 Å². The first-order valence-corrected chi connectivity index (χ1v) is 16.2. The van der Waals surface area contributed by atoms with Crippen LogP contribution in [0.1, 0.15) is 151 Å². The zero-order valence-corrected chi connectivity index (χ0v) is 25.6. The molecule has 0 radical (unpaired) electrons. The second-order valence-electron chi connectivity index (χ2n) is 12.0. The molecule has 1 aromatic rings. The molecule has 0 aliphatic carbocycles. The number of ether oxygens (including phenoxy) is 1. The summed E-state index contributed by atoms with van der Waals surface area (Å²) in [5.41, 5.74) is 7.32. The number of carbonyl (C=O) groups is 2. The molecule has 3 N–H and O–H groups in total. The summed E-state index contributed by atoms with van der Waals surface area (Å²) < 4.78 is 5.50. The second kappa shape index (κ2) is 17.8. The molecular formula is C31H55N3O3S. The van der Waals surface area contributed by atoms with Gasteiger partial charge in [-0.05, 0) is 39.2 Å². The molecule has 0 spiro atoms. The Morgan fingerprint density at radius 1 is 0.868 bits per heavy atom. The third-order valence-corrected chi connectivity index (χ3v) is 8.32. The Bertz CT molecular complexity index is 831. The summed E-state index contributed by atoms with van der Waals surface area (Å²) in [6, 6.07) is 0. The number of hydrogen-bond donors (Lipinski definition) is 2. The lowest BCUT2D eigenvalue weighted by Gasteiger charge is -2.30. The standard InChI is InChI=1S/C31H55N3O3S/c1-5-6-7-8-9-10-11-12-13-14-15-16-17-18-19-20-22-33-29(35)27-25-21-23-34(24-26(25)38-28(27)32)30(36)37-31(2,3)4/h5-24,32H2,1-4H3,(H,33,35). The topological polar surface area (TPSA) is 84.7 Å². The first-order chi connectivity index (χ1) is 18.2. The fourth-order valence-electron chi connectivity index (χ4n) is 5.12. The van der Waals surface area contributed by atoms with E-state index in [1.165, 1.54) is 101 Å². The van der Waals surface area contributed by atoms with E-state index in [9.17, 15) is 9.59 Å². The molecule has 0 saturated carbocycles. The molecule has 0 aromatic carbocycles. The number of fused-ring (bicyclic) bond motifs is 1. The third-order valence-electron chi connectivity index (χ3n) is 7.28. The van der Waals surface area contributed by atoms with E-state index in [1.807, 2.05) is 20.8 Å². The smallest absolute Gasteiger partial charge is 0.410 e. The molecule has 0 unspecified atom stereocenters. The molecule has 6 nitrogen and oxygen atoms in total. The van der Waals surface area contributed by atoms with Gasteiger partial charge in [-0.25, -0.2) is 4.79 Å². The lowest BCUT2D eigenvalue weighted by molar-refractivity contribution is 0.0226. The minimum Gasteiger partial charge on any atom is -0.444 e. The zero-order chi connectivity index (χ0) is 27.8. The minimum atomic E-state index is -0.524. The molecule has 0 fully saturated rings. The summed E-state index contributed by atoms with van der Waals surface area (Å²) in [4.78, 5) is 28.0. The quantitative estimate of drug-likeness (QED) is 0.180. The van der Waals surface area contributed by atoms with Crippen molar-refractivity contribution in [1.29, 1.82) is 0 Å². The van der Waals surface area contributed by atoms with Gasteiger partial charge >= 0.3 is 6.09 Å². The van der Waals surface area contributed by atoms with E-state index < -0.39 is 5.60 Å². The highest BCUT2D eigenvalue weighted by molar-refractivity contribution is 7.16. The van der Waals surface area contributed by atoms with Gasteiger partial charge in [0.25, 0.3) is 5.91 Å². The Morgan fingerprint density at radius 3 is 1.87 bits per heavy atom. The fraction of sp³-hybridized carbons (Fsp3) is 0.806. The molecule has 0 bridgehead atoms.